The van der Waals surface area contributed by atoms with E-state index < -0.39 is 0 Å². The molecule has 0 aliphatic heterocycles. The second-order valence-electron chi connectivity index (χ2n) is 4.97. The third-order valence-corrected chi connectivity index (χ3v) is 3.10. The minimum absolute atomic E-state index is 0.119. The van der Waals surface area contributed by atoms with Gasteiger partial charge in [0.05, 0.1) is 0 Å². The van der Waals surface area contributed by atoms with Crippen molar-refractivity contribution in [3.05, 3.63) is 35.9 Å². The van der Waals surface area contributed by atoms with Gasteiger partial charge >= 0.3 is 6.03 Å². The highest BCUT2D eigenvalue weighted by molar-refractivity contribution is 5.73. The molecular weight excluding hydrogens is 240 g/mol. The maximum Gasteiger partial charge on any atom is 0.315 e. The Morgan fingerprint density at radius 2 is 2.00 bits per heavy atom. The summed E-state index contributed by atoms with van der Waals surface area (Å²) >= 11 is 0. The Kier molecular flexibility index (Phi) is 5.69. The molecule has 1 aromatic rings. The van der Waals surface area contributed by atoms with E-state index in [0.29, 0.717) is 13.1 Å². The van der Waals surface area contributed by atoms with Crippen LogP contribution in [0.5, 0.6) is 0 Å². The van der Waals surface area contributed by atoms with Crippen molar-refractivity contribution in [1.29, 1.82) is 0 Å². The molecule has 0 spiro atoms. The van der Waals surface area contributed by atoms with Gasteiger partial charge in [0.15, 0.2) is 0 Å². The zero-order chi connectivity index (χ0) is 13.3. The average Bonchev–Trinajstić information content (AvgIpc) is 3.26. The van der Waals surface area contributed by atoms with Gasteiger partial charge in [-0.15, -0.1) is 0 Å². The number of hydrogen-bond donors (Lipinski definition) is 2. The molecule has 4 nitrogen and oxygen atoms in total. The van der Waals surface area contributed by atoms with Crippen LogP contribution in [0.3, 0.4) is 0 Å². The van der Waals surface area contributed by atoms with Crippen molar-refractivity contribution in [2.75, 3.05) is 19.8 Å². The zero-order valence-corrected chi connectivity index (χ0v) is 11.2. The molecule has 0 heterocycles. The lowest BCUT2D eigenvalue weighted by atomic mass is 10.2. The van der Waals surface area contributed by atoms with Gasteiger partial charge in [-0.2, -0.15) is 0 Å². The number of carbonyl (C=O) groups excluding carboxylic acids is 1. The topological polar surface area (TPSA) is 50.4 Å². The second kappa shape index (κ2) is 7.79. The Morgan fingerprint density at radius 1 is 1.21 bits per heavy atom. The standard InChI is InChI=1S/C15H22N2O2/c18-15(17-11-13-5-2-1-3-6-13)16-9-4-10-19-12-14-7-8-14/h1-3,5-6,14H,4,7-12H2,(H2,16,17,18). The highest BCUT2D eigenvalue weighted by Crippen LogP contribution is 2.28. The van der Waals surface area contributed by atoms with E-state index in [-0.39, 0.29) is 6.03 Å². The van der Waals surface area contributed by atoms with Gasteiger partial charge in [-0.25, -0.2) is 4.79 Å². The molecule has 1 fully saturated rings. The van der Waals surface area contributed by atoms with Crippen LogP contribution in [-0.2, 0) is 11.3 Å². The fourth-order valence-corrected chi connectivity index (χ4v) is 1.75. The maximum absolute atomic E-state index is 11.5. The molecule has 2 N–H and O–H groups in total. The van der Waals surface area contributed by atoms with Crippen molar-refractivity contribution < 1.29 is 9.53 Å². The van der Waals surface area contributed by atoms with Crippen LogP contribution in [-0.4, -0.2) is 25.8 Å². The number of ether oxygens (including phenoxy) is 1. The normalized spacial score (nSPS) is 14.1. The van der Waals surface area contributed by atoms with Gasteiger partial charge in [0.25, 0.3) is 0 Å². The Morgan fingerprint density at radius 3 is 2.74 bits per heavy atom. The summed E-state index contributed by atoms with van der Waals surface area (Å²) in [6.45, 7) is 2.84. The highest BCUT2D eigenvalue weighted by Gasteiger charge is 2.20. The predicted molar refractivity (Wildman–Crippen MR) is 74.8 cm³/mol. The van der Waals surface area contributed by atoms with Crippen molar-refractivity contribution in [1.82, 2.24) is 10.6 Å². The number of rotatable bonds is 8. The van der Waals surface area contributed by atoms with Crippen molar-refractivity contribution in [3.63, 3.8) is 0 Å². The largest absolute Gasteiger partial charge is 0.381 e. The number of urea groups is 1. The Bertz CT molecular complexity index is 377. The van der Waals surface area contributed by atoms with Crippen LogP contribution in [0.1, 0.15) is 24.8 Å². The minimum Gasteiger partial charge on any atom is -0.381 e. The van der Waals surface area contributed by atoms with Crippen LogP contribution < -0.4 is 10.6 Å². The van der Waals surface area contributed by atoms with E-state index in [9.17, 15) is 4.79 Å². The number of carbonyl (C=O) groups is 1. The molecule has 0 aromatic heterocycles. The summed E-state index contributed by atoms with van der Waals surface area (Å²) in [5, 5.41) is 5.65. The van der Waals surface area contributed by atoms with Crippen molar-refractivity contribution in [3.8, 4) is 0 Å². The first-order chi connectivity index (χ1) is 9.34. The van der Waals surface area contributed by atoms with E-state index in [1.807, 2.05) is 30.3 Å². The zero-order valence-electron chi connectivity index (χ0n) is 11.2. The van der Waals surface area contributed by atoms with Crippen molar-refractivity contribution in [2.45, 2.75) is 25.8 Å². The molecule has 1 saturated carbocycles. The SMILES string of the molecule is O=C(NCCCOCC1CC1)NCc1ccccc1. The Labute approximate surface area is 114 Å². The first-order valence-corrected chi connectivity index (χ1v) is 6.98. The molecule has 2 amide bonds. The van der Waals surface area contributed by atoms with Crippen molar-refractivity contribution in [2.24, 2.45) is 5.92 Å². The molecule has 4 heteroatoms. The van der Waals surface area contributed by atoms with Gasteiger partial charge in [-0.3, -0.25) is 0 Å². The van der Waals surface area contributed by atoms with Gasteiger partial charge in [0.1, 0.15) is 0 Å². The summed E-state index contributed by atoms with van der Waals surface area (Å²) in [5.74, 6) is 0.808. The van der Waals surface area contributed by atoms with E-state index in [0.717, 1.165) is 31.1 Å². The van der Waals surface area contributed by atoms with Gasteiger partial charge in [0, 0.05) is 26.3 Å². The van der Waals surface area contributed by atoms with Gasteiger partial charge < -0.3 is 15.4 Å². The Balaban J connectivity index is 1.45. The maximum atomic E-state index is 11.5. The molecule has 0 bridgehead atoms. The van der Waals surface area contributed by atoms with Gasteiger partial charge in [-0.1, -0.05) is 30.3 Å². The van der Waals surface area contributed by atoms with Crippen LogP contribution in [0.4, 0.5) is 4.79 Å². The lowest BCUT2D eigenvalue weighted by Crippen LogP contribution is -2.35. The van der Waals surface area contributed by atoms with Crippen molar-refractivity contribution >= 4 is 6.03 Å². The second-order valence-corrected chi connectivity index (χ2v) is 4.97. The van der Waals surface area contributed by atoms with Gasteiger partial charge in [-0.05, 0) is 30.7 Å². The number of amides is 2. The summed E-state index contributed by atoms with van der Waals surface area (Å²) in [6.07, 6.45) is 3.51. The molecule has 104 valence electrons. The third-order valence-electron chi connectivity index (χ3n) is 3.10. The molecule has 1 aliphatic rings. The fourth-order valence-electron chi connectivity index (χ4n) is 1.75. The molecule has 2 rings (SSSR count). The molecule has 1 aromatic carbocycles. The van der Waals surface area contributed by atoms with E-state index in [1.165, 1.54) is 12.8 Å². The molecule has 1 aliphatic carbocycles. The first kappa shape index (κ1) is 13.9. The van der Waals surface area contributed by atoms with Crippen LogP contribution in [0.15, 0.2) is 30.3 Å². The molecule has 0 unspecified atom stereocenters. The smallest absolute Gasteiger partial charge is 0.315 e. The van der Waals surface area contributed by atoms with E-state index in [2.05, 4.69) is 10.6 Å². The Hall–Kier alpha value is -1.55. The van der Waals surface area contributed by atoms with E-state index >= 15 is 0 Å². The summed E-state index contributed by atoms with van der Waals surface area (Å²) < 4.78 is 5.50. The summed E-state index contributed by atoms with van der Waals surface area (Å²) in [7, 11) is 0. The quantitative estimate of drug-likeness (QED) is 0.706. The van der Waals surface area contributed by atoms with Gasteiger partial charge in [0.2, 0.25) is 0 Å². The monoisotopic (exact) mass is 262 g/mol. The fraction of sp³-hybridized carbons (Fsp3) is 0.533. The average molecular weight is 262 g/mol. The lowest BCUT2D eigenvalue weighted by molar-refractivity contribution is 0.122. The number of hydrogen-bond acceptors (Lipinski definition) is 2. The van der Waals surface area contributed by atoms with Crippen LogP contribution >= 0.6 is 0 Å². The number of nitrogens with one attached hydrogen (secondary N) is 2. The summed E-state index contributed by atoms with van der Waals surface area (Å²) in [4.78, 5) is 11.5. The van der Waals surface area contributed by atoms with E-state index in [4.69, 9.17) is 4.74 Å². The predicted octanol–water partition coefficient (Wildman–Crippen LogP) is 2.30. The molecule has 0 radical (unpaired) electrons. The van der Waals surface area contributed by atoms with Crippen LogP contribution in [0.2, 0.25) is 0 Å². The summed E-state index contributed by atoms with van der Waals surface area (Å²) in [6, 6.07) is 9.76. The van der Waals surface area contributed by atoms with Crippen LogP contribution in [0.25, 0.3) is 0 Å². The minimum atomic E-state index is -0.119. The first-order valence-electron chi connectivity index (χ1n) is 6.98. The highest BCUT2D eigenvalue weighted by atomic mass is 16.5. The lowest BCUT2D eigenvalue weighted by Gasteiger charge is -2.08. The third kappa shape index (κ3) is 6.25. The molecule has 0 saturated heterocycles. The molecule has 19 heavy (non-hydrogen) atoms. The molecule has 0 atom stereocenters. The van der Waals surface area contributed by atoms with Crippen LogP contribution in [0, 0.1) is 5.92 Å². The molecular formula is C15H22N2O2. The summed E-state index contributed by atoms with van der Waals surface area (Å²) in [5.41, 5.74) is 1.10. The van der Waals surface area contributed by atoms with E-state index in [1.54, 1.807) is 0 Å². The number of benzene rings is 1.